The van der Waals surface area contributed by atoms with Crippen molar-refractivity contribution in [1.82, 2.24) is 15.8 Å². The van der Waals surface area contributed by atoms with E-state index in [0.29, 0.717) is 34.9 Å². The normalized spacial score (nSPS) is 11.4. The van der Waals surface area contributed by atoms with Gasteiger partial charge in [-0.25, -0.2) is 9.78 Å². The highest BCUT2D eigenvalue weighted by Gasteiger charge is 2.38. The van der Waals surface area contributed by atoms with Crippen LogP contribution in [0.1, 0.15) is 48.4 Å². The Balaban J connectivity index is 0.000000860. The van der Waals surface area contributed by atoms with Gasteiger partial charge in [0.2, 0.25) is 0 Å². The Morgan fingerprint density at radius 3 is 2.18 bits per heavy atom. The van der Waals surface area contributed by atoms with Gasteiger partial charge in [-0.3, -0.25) is 25.8 Å². The zero-order valence-corrected chi connectivity index (χ0v) is 25.2. The third kappa shape index (κ3) is 11.1. The van der Waals surface area contributed by atoms with Crippen molar-refractivity contribution in [3.8, 4) is 11.5 Å². The molecule has 44 heavy (non-hydrogen) atoms. The first-order valence-electron chi connectivity index (χ1n) is 12.8. The van der Waals surface area contributed by atoms with Crippen LogP contribution in [-0.2, 0) is 9.59 Å². The number of aliphatic carboxylic acids is 1. The number of pyridine rings is 1. The van der Waals surface area contributed by atoms with Crippen LogP contribution in [0.2, 0.25) is 0 Å². The number of carboxylic acid groups (broad SMARTS) is 1. The molecule has 0 aliphatic carbocycles. The predicted molar refractivity (Wildman–Crippen MR) is 158 cm³/mol. The van der Waals surface area contributed by atoms with Crippen molar-refractivity contribution in [3.63, 3.8) is 0 Å². The minimum atomic E-state index is -5.08. The number of hydrogen-bond acceptors (Lipinski definition) is 8. The van der Waals surface area contributed by atoms with E-state index in [1.807, 2.05) is 20.8 Å². The molecule has 12 nitrogen and oxygen atoms in total. The largest absolute Gasteiger partial charge is 0.490 e. The second kappa shape index (κ2) is 16.1. The van der Waals surface area contributed by atoms with Gasteiger partial charge in [-0.2, -0.15) is 13.2 Å². The molecule has 1 atom stereocenters. The van der Waals surface area contributed by atoms with Crippen molar-refractivity contribution in [1.29, 1.82) is 5.41 Å². The summed E-state index contributed by atoms with van der Waals surface area (Å²) in [6.07, 6.45) is -3.66. The number of rotatable bonds is 10. The number of nitrogens with two attached hydrogens (primary N) is 1. The van der Waals surface area contributed by atoms with Crippen molar-refractivity contribution >= 4 is 45.2 Å². The van der Waals surface area contributed by atoms with Gasteiger partial charge in [0.15, 0.2) is 11.5 Å². The van der Waals surface area contributed by atoms with Crippen LogP contribution in [0.4, 0.5) is 18.9 Å². The van der Waals surface area contributed by atoms with E-state index in [-0.39, 0.29) is 17.6 Å². The number of anilines is 1. The number of ether oxygens (including phenoxy) is 2. The Morgan fingerprint density at radius 1 is 1.05 bits per heavy atom. The average molecular weight is 683 g/mol. The third-order valence-corrected chi connectivity index (χ3v) is 5.70. The van der Waals surface area contributed by atoms with Gasteiger partial charge in [0.05, 0.1) is 12.7 Å². The van der Waals surface area contributed by atoms with Crippen LogP contribution in [0.5, 0.6) is 11.5 Å². The molecule has 0 fully saturated rings. The summed E-state index contributed by atoms with van der Waals surface area (Å²) in [6, 6.07) is 14.3. The molecular weight excluding hydrogens is 653 g/mol. The first kappa shape index (κ1) is 35.3. The Kier molecular flexibility index (Phi) is 12.9. The van der Waals surface area contributed by atoms with Crippen molar-refractivity contribution in [3.05, 3.63) is 82.1 Å². The number of carbonyl (C=O) groups excluding carboxylic acids is 2. The average Bonchev–Trinajstić information content (AvgIpc) is 2.95. The number of carboxylic acids is 1. The number of amides is 2. The third-order valence-electron chi connectivity index (χ3n) is 5.23. The number of amidine groups is 1. The van der Waals surface area contributed by atoms with Crippen LogP contribution in [-0.4, -0.2) is 52.6 Å². The minimum Gasteiger partial charge on any atom is -0.490 e. The summed E-state index contributed by atoms with van der Waals surface area (Å²) in [5, 5.41) is 17.9. The number of hydrazine groups is 1. The fraction of sp³-hybridized carbons (Fsp3) is 0.250. The summed E-state index contributed by atoms with van der Waals surface area (Å²) >= 11 is 3.27. The Hall–Kier alpha value is -4.86. The molecule has 236 valence electrons. The van der Waals surface area contributed by atoms with E-state index >= 15 is 0 Å². The van der Waals surface area contributed by atoms with E-state index in [4.69, 9.17) is 30.5 Å². The van der Waals surface area contributed by atoms with Crippen LogP contribution >= 0.6 is 15.9 Å². The van der Waals surface area contributed by atoms with Crippen molar-refractivity contribution in [2.75, 3.05) is 11.9 Å². The van der Waals surface area contributed by atoms with E-state index in [9.17, 15) is 22.8 Å². The number of alkyl halides is 3. The van der Waals surface area contributed by atoms with Crippen LogP contribution in [0.15, 0.2) is 65.3 Å². The molecular formula is C28H30BrF3N6O6. The number of benzene rings is 2. The maximum Gasteiger partial charge on any atom is 0.490 e. The smallest absolute Gasteiger partial charge is 0.490 e. The summed E-state index contributed by atoms with van der Waals surface area (Å²) in [5.74, 6) is -2.87. The molecule has 0 aliphatic heterocycles. The minimum absolute atomic E-state index is 0.0628. The number of hydrogen-bond donors (Lipinski definition) is 6. The van der Waals surface area contributed by atoms with E-state index in [2.05, 4.69) is 37.1 Å². The summed E-state index contributed by atoms with van der Waals surface area (Å²) in [7, 11) is 0. The summed E-state index contributed by atoms with van der Waals surface area (Å²) in [6.45, 7) is 6.09. The highest BCUT2D eigenvalue weighted by molar-refractivity contribution is 9.10. The zero-order chi connectivity index (χ0) is 33.0. The lowest BCUT2D eigenvalue weighted by Gasteiger charge is -2.22. The van der Waals surface area contributed by atoms with Crippen LogP contribution in [0.25, 0.3) is 0 Å². The number of nitrogens with one attached hydrogen (secondary N) is 4. The molecule has 3 rings (SSSR count). The predicted octanol–water partition coefficient (Wildman–Crippen LogP) is 4.56. The first-order valence-corrected chi connectivity index (χ1v) is 13.6. The Labute approximate surface area is 258 Å². The number of nitrogens with zero attached hydrogens (tertiary/aromatic N) is 1. The molecule has 0 radical (unpaired) electrons. The lowest BCUT2D eigenvalue weighted by Crippen LogP contribution is -2.45. The highest BCUT2D eigenvalue weighted by Crippen LogP contribution is 2.33. The Bertz CT molecular complexity index is 1450. The van der Waals surface area contributed by atoms with E-state index in [1.165, 1.54) is 12.3 Å². The SMILES string of the molecule is CCOc1cc(C(Nc2ccc(C(=N)N)cc2)C(=O)NNC(=O)c2ccc(Br)cn2)ccc1OC(C)C.O=C(O)C(F)(F)F. The van der Waals surface area contributed by atoms with Gasteiger partial charge in [-0.15, -0.1) is 0 Å². The van der Waals surface area contributed by atoms with Gasteiger partial charge in [-0.05, 0) is 90.8 Å². The number of carbonyl (C=O) groups is 3. The summed E-state index contributed by atoms with van der Waals surface area (Å²) in [5.41, 5.74) is 12.3. The molecule has 1 aromatic heterocycles. The molecule has 0 saturated heterocycles. The zero-order valence-electron chi connectivity index (χ0n) is 23.7. The number of halogens is 4. The molecule has 7 N–H and O–H groups in total. The lowest BCUT2D eigenvalue weighted by molar-refractivity contribution is -0.192. The maximum atomic E-state index is 13.3. The van der Waals surface area contributed by atoms with Crippen LogP contribution in [0, 0.1) is 5.41 Å². The van der Waals surface area contributed by atoms with Gasteiger partial charge < -0.3 is 25.6 Å². The van der Waals surface area contributed by atoms with E-state index in [0.717, 1.165) is 4.47 Å². The van der Waals surface area contributed by atoms with Gasteiger partial charge in [0.1, 0.15) is 17.6 Å². The first-order chi connectivity index (χ1) is 20.6. The van der Waals surface area contributed by atoms with Gasteiger partial charge in [-0.1, -0.05) is 6.07 Å². The fourth-order valence-corrected chi connectivity index (χ4v) is 3.54. The van der Waals surface area contributed by atoms with E-state index in [1.54, 1.807) is 48.5 Å². The van der Waals surface area contributed by atoms with E-state index < -0.39 is 30.0 Å². The molecule has 16 heteroatoms. The number of aromatic nitrogens is 1. The fourth-order valence-electron chi connectivity index (χ4n) is 3.30. The topological polar surface area (TPSA) is 189 Å². The Morgan fingerprint density at radius 2 is 1.68 bits per heavy atom. The molecule has 1 heterocycles. The molecule has 1 unspecified atom stereocenters. The molecule has 3 aromatic rings. The molecule has 0 saturated carbocycles. The highest BCUT2D eigenvalue weighted by atomic mass is 79.9. The van der Waals surface area contributed by atoms with Crippen molar-refractivity contribution in [2.45, 2.75) is 39.1 Å². The van der Waals surface area contributed by atoms with Gasteiger partial charge in [0.25, 0.3) is 11.8 Å². The van der Waals surface area contributed by atoms with Crippen molar-refractivity contribution < 1.29 is 42.1 Å². The van der Waals surface area contributed by atoms with Gasteiger partial charge in [0, 0.05) is 21.9 Å². The lowest BCUT2D eigenvalue weighted by atomic mass is 10.0. The summed E-state index contributed by atoms with van der Waals surface area (Å²) in [4.78, 5) is 38.7. The van der Waals surface area contributed by atoms with Crippen LogP contribution in [0.3, 0.4) is 0 Å². The monoisotopic (exact) mass is 682 g/mol. The maximum absolute atomic E-state index is 13.3. The molecule has 0 bridgehead atoms. The summed E-state index contributed by atoms with van der Waals surface area (Å²) < 4.78 is 44.1. The van der Waals surface area contributed by atoms with Crippen LogP contribution < -0.4 is 31.4 Å². The van der Waals surface area contributed by atoms with Crippen molar-refractivity contribution in [2.24, 2.45) is 5.73 Å². The quantitative estimate of drug-likeness (QED) is 0.101. The standard InChI is InChI=1S/C26H29BrN6O4.C2HF3O2/c1-4-36-22-13-17(7-12-21(22)37-15(2)3)23(31-19-9-5-16(6-10-19)24(28)29)26(35)33-32-25(34)20-11-8-18(27)14-30-20;3-2(4,5)1(6)7/h5-15,23,31H,4H2,1-3H3,(H3,28,29)(H,32,34)(H,33,35);(H,6,7). The molecule has 2 aromatic carbocycles. The second-order valence-electron chi connectivity index (χ2n) is 8.98. The molecule has 0 spiro atoms. The van der Waals surface area contributed by atoms with Gasteiger partial charge >= 0.3 is 12.1 Å². The number of nitrogen functional groups attached to an aromatic ring is 1. The second-order valence-corrected chi connectivity index (χ2v) is 9.90. The molecule has 0 aliphatic rings. The molecule has 2 amide bonds.